The molecule has 2 aromatic rings. The maximum absolute atomic E-state index is 13.7. The van der Waals surface area contributed by atoms with Crippen molar-refractivity contribution in [2.45, 2.75) is 6.54 Å². The van der Waals surface area contributed by atoms with Crippen LogP contribution < -0.4 is 14.8 Å². The van der Waals surface area contributed by atoms with Crippen LogP contribution in [0.5, 0.6) is 11.5 Å². The molecule has 0 radical (unpaired) electrons. The molecular formula is C20H19F2N3O4. The monoisotopic (exact) mass is 403 g/mol. The molecule has 2 aliphatic heterocycles. The molecule has 0 aliphatic carbocycles. The number of hydrogen-bond donors (Lipinski definition) is 1. The number of ether oxygens (including phenoxy) is 2. The van der Waals surface area contributed by atoms with Crippen LogP contribution in [-0.4, -0.2) is 54.6 Å². The fourth-order valence-electron chi connectivity index (χ4n) is 3.33. The van der Waals surface area contributed by atoms with E-state index in [9.17, 15) is 18.4 Å². The lowest BCUT2D eigenvalue weighted by Gasteiger charge is -2.34. The molecule has 1 N–H and O–H groups in total. The molecule has 29 heavy (non-hydrogen) atoms. The smallest absolute Gasteiger partial charge is 0.314 e. The van der Waals surface area contributed by atoms with Crippen molar-refractivity contribution in [3.05, 3.63) is 53.6 Å². The number of amides is 2. The number of nitrogens with zero attached hydrogens (tertiary/aromatic N) is 2. The predicted octanol–water partition coefficient (Wildman–Crippen LogP) is 1.98. The minimum absolute atomic E-state index is 0.221. The van der Waals surface area contributed by atoms with E-state index in [0.717, 1.165) is 23.4 Å². The van der Waals surface area contributed by atoms with Gasteiger partial charge in [-0.25, -0.2) is 8.78 Å². The molecule has 2 aromatic carbocycles. The van der Waals surface area contributed by atoms with E-state index in [2.05, 4.69) is 4.90 Å². The van der Waals surface area contributed by atoms with Crippen molar-refractivity contribution in [1.29, 1.82) is 0 Å². The van der Waals surface area contributed by atoms with E-state index in [0.29, 0.717) is 38.5 Å². The maximum Gasteiger partial charge on any atom is 0.314 e. The summed E-state index contributed by atoms with van der Waals surface area (Å²) >= 11 is 0. The van der Waals surface area contributed by atoms with Crippen LogP contribution in [0.15, 0.2) is 36.4 Å². The van der Waals surface area contributed by atoms with Crippen LogP contribution in [0.2, 0.25) is 0 Å². The van der Waals surface area contributed by atoms with E-state index >= 15 is 0 Å². The first-order chi connectivity index (χ1) is 14.0. The number of anilines is 1. The number of carbonyl (C=O) groups excluding carboxylic acids is 2. The Labute approximate surface area is 165 Å². The minimum Gasteiger partial charge on any atom is -0.454 e. The molecular weight excluding hydrogens is 384 g/mol. The molecule has 2 heterocycles. The molecule has 1 saturated heterocycles. The summed E-state index contributed by atoms with van der Waals surface area (Å²) in [4.78, 5) is 28.0. The number of halogens is 2. The topological polar surface area (TPSA) is 71.1 Å². The first-order valence-electron chi connectivity index (χ1n) is 9.16. The van der Waals surface area contributed by atoms with E-state index in [1.807, 2.05) is 23.5 Å². The molecule has 0 spiro atoms. The van der Waals surface area contributed by atoms with Crippen LogP contribution in [-0.2, 0) is 16.1 Å². The standard InChI is InChI=1S/C20H19F2N3O4/c21-14-2-1-3-15(22)18(14)23-19(26)20(27)25-8-6-24(7-9-25)11-13-4-5-16-17(10-13)29-12-28-16/h1-5,10H,6-9,11-12H2,(H,23,26). The van der Waals surface area contributed by atoms with E-state index < -0.39 is 29.1 Å². The van der Waals surface area contributed by atoms with Crippen LogP contribution >= 0.6 is 0 Å². The molecule has 2 amide bonds. The van der Waals surface area contributed by atoms with Gasteiger partial charge in [-0.15, -0.1) is 0 Å². The number of carbonyl (C=O) groups is 2. The normalized spacial score (nSPS) is 16.0. The highest BCUT2D eigenvalue weighted by molar-refractivity contribution is 6.39. The molecule has 9 heteroatoms. The van der Waals surface area contributed by atoms with Gasteiger partial charge < -0.3 is 19.7 Å². The number of fused-ring (bicyclic) bond motifs is 1. The summed E-state index contributed by atoms with van der Waals surface area (Å²) in [5, 5.41) is 2.03. The van der Waals surface area contributed by atoms with Gasteiger partial charge in [0.25, 0.3) is 0 Å². The predicted molar refractivity (Wildman–Crippen MR) is 99.4 cm³/mol. The molecule has 0 unspecified atom stereocenters. The molecule has 0 saturated carbocycles. The van der Waals surface area contributed by atoms with Crippen LogP contribution in [0.25, 0.3) is 0 Å². The highest BCUT2D eigenvalue weighted by atomic mass is 19.1. The first kappa shape index (κ1) is 19.1. The highest BCUT2D eigenvalue weighted by Crippen LogP contribution is 2.32. The number of rotatable bonds is 3. The highest BCUT2D eigenvalue weighted by Gasteiger charge is 2.27. The van der Waals surface area contributed by atoms with Crippen molar-refractivity contribution in [2.75, 3.05) is 38.3 Å². The van der Waals surface area contributed by atoms with Crippen LogP contribution in [0.3, 0.4) is 0 Å². The second kappa shape index (κ2) is 8.04. The Morgan fingerprint density at radius 2 is 1.66 bits per heavy atom. The van der Waals surface area contributed by atoms with Crippen LogP contribution in [0, 0.1) is 11.6 Å². The third-order valence-corrected chi connectivity index (χ3v) is 4.90. The molecule has 2 aliphatic rings. The quantitative estimate of drug-likeness (QED) is 0.794. The summed E-state index contributed by atoms with van der Waals surface area (Å²) < 4.78 is 38.0. The number of nitrogens with one attached hydrogen (secondary N) is 1. The Bertz CT molecular complexity index is 925. The number of hydrogen-bond acceptors (Lipinski definition) is 5. The van der Waals surface area contributed by atoms with E-state index in [-0.39, 0.29) is 6.79 Å². The van der Waals surface area contributed by atoms with Gasteiger partial charge in [0.05, 0.1) is 0 Å². The van der Waals surface area contributed by atoms with Gasteiger partial charge in [0, 0.05) is 32.7 Å². The second-order valence-electron chi connectivity index (χ2n) is 6.81. The fraction of sp³-hybridized carbons (Fsp3) is 0.300. The molecule has 1 fully saturated rings. The average Bonchev–Trinajstić information content (AvgIpc) is 3.18. The van der Waals surface area contributed by atoms with Crippen molar-refractivity contribution in [3.63, 3.8) is 0 Å². The van der Waals surface area contributed by atoms with Crippen LogP contribution in [0.1, 0.15) is 5.56 Å². The third-order valence-electron chi connectivity index (χ3n) is 4.90. The zero-order valence-electron chi connectivity index (χ0n) is 15.5. The molecule has 7 nitrogen and oxygen atoms in total. The van der Waals surface area contributed by atoms with E-state index in [1.54, 1.807) is 0 Å². The third kappa shape index (κ3) is 4.14. The zero-order chi connectivity index (χ0) is 20.4. The van der Waals surface area contributed by atoms with Gasteiger partial charge in [0.1, 0.15) is 17.3 Å². The Hall–Kier alpha value is -3.20. The minimum atomic E-state index is -1.06. The Balaban J connectivity index is 1.31. The summed E-state index contributed by atoms with van der Waals surface area (Å²) in [7, 11) is 0. The van der Waals surface area contributed by atoms with Gasteiger partial charge in [-0.3, -0.25) is 14.5 Å². The SMILES string of the molecule is O=C(Nc1c(F)cccc1F)C(=O)N1CCN(Cc2ccc3c(c2)OCO3)CC1. The fourth-order valence-corrected chi connectivity index (χ4v) is 3.33. The number of para-hydroxylation sites is 1. The van der Waals surface area contributed by atoms with Crippen molar-refractivity contribution in [1.82, 2.24) is 9.80 Å². The Morgan fingerprint density at radius 1 is 0.966 bits per heavy atom. The van der Waals surface area contributed by atoms with Gasteiger partial charge in [0.15, 0.2) is 11.5 Å². The first-order valence-corrected chi connectivity index (χ1v) is 9.16. The molecule has 0 aromatic heterocycles. The van der Waals surface area contributed by atoms with Gasteiger partial charge in [-0.2, -0.15) is 0 Å². The molecule has 0 bridgehead atoms. The van der Waals surface area contributed by atoms with Crippen molar-refractivity contribution < 1.29 is 27.8 Å². The van der Waals surface area contributed by atoms with Gasteiger partial charge in [0.2, 0.25) is 6.79 Å². The van der Waals surface area contributed by atoms with Crippen molar-refractivity contribution in [3.8, 4) is 11.5 Å². The maximum atomic E-state index is 13.7. The second-order valence-corrected chi connectivity index (χ2v) is 6.81. The van der Waals surface area contributed by atoms with Crippen LogP contribution in [0.4, 0.5) is 14.5 Å². The largest absolute Gasteiger partial charge is 0.454 e. The van der Waals surface area contributed by atoms with Crippen molar-refractivity contribution in [2.24, 2.45) is 0 Å². The van der Waals surface area contributed by atoms with Gasteiger partial charge in [-0.1, -0.05) is 12.1 Å². The zero-order valence-corrected chi connectivity index (χ0v) is 15.5. The molecule has 0 atom stereocenters. The number of piperazine rings is 1. The summed E-state index contributed by atoms with van der Waals surface area (Å²) in [6.45, 7) is 2.72. The molecule has 152 valence electrons. The summed E-state index contributed by atoms with van der Waals surface area (Å²) in [6, 6.07) is 8.96. The summed E-state index contributed by atoms with van der Waals surface area (Å²) in [5.74, 6) is -2.29. The van der Waals surface area contributed by atoms with Gasteiger partial charge >= 0.3 is 11.8 Å². The van der Waals surface area contributed by atoms with E-state index in [1.165, 1.54) is 11.0 Å². The van der Waals surface area contributed by atoms with Gasteiger partial charge in [-0.05, 0) is 29.8 Å². The molecule has 4 rings (SSSR count). The average molecular weight is 403 g/mol. The Kier molecular flexibility index (Phi) is 5.30. The lowest BCUT2D eigenvalue weighted by atomic mass is 10.1. The summed E-state index contributed by atoms with van der Waals surface area (Å²) in [5.41, 5.74) is 0.439. The lowest BCUT2D eigenvalue weighted by molar-refractivity contribution is -0.144. The van der Waals surface area contributed by atoms with E-state index in [4.69, 9.17) is 9.47 Å². The Morgan fingerprint density at radius 3 is 2.38 bits per heavy atom. The number of benzene rings is 2. The summed E-state index contributed by atoms with van der Waals surface area (Å²) in [6.07, 6.45) is 0. The van der Waals surface area contributed by atoms with Crippen molar-refractivity contribution >= 4 is 17.5 Å². The lowest BCUT2D eigenvalue weighted by Crippen LogP contribution is -2.51.